The zero-order valence-corrected chi connectivity index (χ0v) is 46.8. The maximum absolute atomic E-state index is 12.2. The molecule has 0 unspecified atom stereocenters. The second kappa shape index (κ2) is 48.6. The summed E-state index contributed by atoms with van der Waals surface area (Å²) in [6, 6.07) is 0.599. The molecule has 24 heteroatoms. The van der Waals surface area contributed by atoms with Gasteiger partial charge in [0.1, 0.15) is 12.6 Å². The number of alkyl halides is 2. The van der Waals surface area contributed by atoms with E-state index in [2.05, 4.69) is 42.5 Å². The summed E-state index contributed by atoms with van der Waals surface area (Å²) in [6.45, 7) is -1.03. The molecule has 20 nitrogen and oxygen atoms in total. The van der Waals surface area contributed by atoms with Gasteiger partial charge in [0.05, 0.1) is 88.6 Å². The maximum Gasteiger partial charge on any atom is 0.315 e. The molecule has 0 saturated carbocycles. The van der Waals surface area contributed by atoms with Crippen LogP contribution in [0, 0.1) is 0 Å². The second-order valence-electron chi connectivity index (χ2n) is 15.5. The van der Waals surface area contributed by atoms with E-state index in [9.17, 15) is 19.2 Å². The van der Waals surface area contributed by atoms with E-state index in [1.807, 2.05) is 64.0 Å². The van der Waals surface area contributed by atoms with Crippen molar-refractivity contribution in [2.75, 3.05) is 140 Å². The Morgan fingerprint density at radius 2 is 1.01 bits per heavy atom. The number of hydrogen-bond acceptors (Lipinski definition) is 16. The summed E-state index contributed by atoms with van der Waals surface area (Å²) in [5.74, 6) is 1.57. The summed E-state index contributed by atoms with van der Waals surface area (Å²) in [6.07, 6.45) is 4.70. The van der Waals surface area contributed by atoms with Crippen LogP contribution in [0.25, 0.3) is 0 Å². The summed E-state index contributed by atoms with van der Waals surface area (Å²) in [7, 11) is 3.24. The third-order valence-electron chi connectivity index (χ3n) is 10.1. The van der Waals surface area contributed by atoms with Gasteiger partial charge in [-0.15, -0.1) is 0 Å². The summed E-state index contributed by atoms with van der Waals surface area (Å²) < 4.78 is 95.3. The molecule has 4 heterocycles. The minimum absolute atomic E-state index is 0.0204. The van der Waals surface area contributed by atoms with Gasteiger partial charge in [-0.2, -0.15) is 23.5 Å². The van der Waals surface area contributed by atoms with Gasteiger partial charge in [-0.05, 0) is 78.4 Å². The molecule has 0 radical (unpaired) electrons. The van der Waals surface area contributed by atoms with Crippen molar-refractivity contribution in [3.05, 3.63) is 0 Å². The molecule has 8 N–H and O–H groups in total. The Bertz CT molecular complexity index is 1690. The van der Waals surface area contributed by atoms with Gasteiger partial charge in [-0.25, -0.2) is 9.59 Å². The summed E-state index contributed by atoms with van der Waals surface area (Å²) >= 11 is 7.69. The van der Waals surface area contributed by atoms with Crippen molar-refractivity contribution < 1.29 is 68.2 Å². The lowest BCUT2D eigenvalue weighted by atomic mass is 10.0. The lowest BCUT2D eigenvalue weighted by Crippen LogP contribution is -2.36. The number of nitrogens with one attached hydrogen (secondary N) is 8. The van der Waals surface area contributed by atoms with E-state index in [4.69, 9.17) is 49.0 Å². The van der Waals surface area contributed by atoms with Crippen LogP contribution in [0.2, 0.25) is 0 Å². The Morgan fingerprint density at radius 1 is 0.586 bits per heavy atom. The standard InChI is InChI=1S/2C21H40N4O5S.2C2H3IO/c2*1-22-8-4-10-28-12-14-30-15-13-29-11-5-9-23-19(26)7-3-2-6-18-20-17(16-31-18)24-21(27)25-20;2*3-1-2-4/h2*17-18,20,22H,2-16H2,1H3,(H,23,26)(H2,24,25,27);2*2H,1H2/t2*17-,18-,20-;;/m00../s1/i4D2,5D2,8D2,11D2;;;. The molecule has 4 rings (SSSR count). The van der Waals surface area contributed by atoms with Gasteiger partial charge in [0, 0.05) is 82.5 Å². The molecule has 4 aliphatic rings. The summed E-state index contributed by atoms with van der Waals surface area (Å²) in [5, 5.41) is 23.3. The molecule has 0 spiro atoms. The van der Waals surface area contributed by atoms with E-state index in [0.717, 1.165) is 82.2 Å². The van der Waals surface area contributed by atoms with Crippen LogP contribution in [0.15, 0.2) is 0 Å². The first-order valence-corrected chi connectivity index (χ1v) is 29.1. The fraction of sp³-hybridized carbons (Fsp3) is 0.870. The molecule has 408 valence electrons. The van der Waals surface area contributed by atoms with E-state index >= 15 is 0 Å². The average molecular weight is 1270 g/mol. The van der Waals surface area contributed by atoms with Crippen molar-refractivity contribution in [1.82, 2.24) is 42.5 Å². The highest BCUT2D eigenvalue weighted by Crippen LogP contribution is 2.34. The number of ether oxygens (including phenoxy) is 6. The van der Waals surface area contributed by atoms with Crippen LogP contribution in [0.3, 0.4) is 0 Å². The van der Waals surface area contributed by atoms with Crippen molar-refractivity contribution in [1.29, 1.82) is 0 Å². The number of thioether (sulfide) groups is 2. The quantitative estimate of drug-likeness (QED) is 0.0144. The number of amides is 6. The van der Waals surface area contributed by atoms with E-state index in [-0.39, 0.29) is 80.9 Å². The van der Waals surface area contributed by atoms with E-state index in [0.29, 0.717) is 71.8 Å². The monoisotopic (exact) mass is 1270 g/mol. The third kappa shape index (κ3) is 36.6. The number of carbonyl (C=O) groups excluding carboxylic acids is 6. The predicted octanol–water partition coefficient (Wildman–Crippen LogP) is 3.00. The van der Waals surface area contributed by atoms with Crippen LogP contribution in [0.1, 0.15) is 87.9 Å². The molecule has 0 aliphatic carbocycles. The molecular weight excluding hydrogens is 1170 g/mol. The van der Waals surface area contributed by atoms with Crippen molar-refractivity contribution >= 4 is 105 Å². The Balaban J connectivity index is 0.000000697. The normalized spacial score (nSPS) is 22.9. The van der Waals surface area contributed by atoms with Crippen LogP contribution in [0.4, 0.5) is 9.59 Å². The molecule has 70 heavy (non-hydrogen) atoms. The fourth-order valence-corrected chi connectivity index (χ4v) is 9.96. The first-order valence-electron chi connectivity index (χ1n) is 27.9. The van der Waals surface area contributed by atoms with Gasteiger partial charge in [-0.3, -0.25) is 9.59 Å². The van der Waals surface area contributed by atoms with E-state index in [1.54, 1.807) is 11.8 Å². The molecule has 4 aliphatic heterocycles. The smallest absolute Gasteiger partial charge is 0.315 e. The van der Waals surface area contributed by atoms with Crippen molar-refractivity contribution in [3.8, 4) is 0 Å². The topological polar surface area (TPSA) is 254 Å². The molecule has 4 fully saturated rings. The minimum atomic E-state index is -2.69. The van der Waals surface area contributed by atoms with Gasteiger partial charge in [0.25, 0.3) is 0 Å². The molecule has 0 aromatic rings. The zero-order chi connectivity index (χ0) is 58.3. The lowest BCUT2D eigenvalue weighted by molar-refractivity contribution is -0.122. The van der Waals surface area contributed by atoms with E-state index < -0.39 is 39.0 Å². The van der Waals surface area contributed by atoms with Crippen LogP contribution < -0.4 is 42.5 Å². The summed E-state index contributed by atoms with van der Waals surface area (Å²) in [4.78, 5) is 65.3. The summed E-state index contributed by atoms with van der Waals surface area (Å²) in [5.41, 5.74) is 0. The Hall–Kier alpha value is -1.34. The van der Waals surface area contributed by atoms with Crippen LogP contribution in [-0.2, 0) is 47.6 Å². The lowest BCUT2D eigenvalue weighted by Gasteiger charge is -2.16. The van der Waals surface area contributed by atoms with E-state index in [1.165, 1.54) is 7.05 Å². The number of urea groups is 2. The van der Waals surface area contributed by atoms with Crippen molar-refractivity contribution in [2.45, 2.75) is 112 Å². The highest BCUT2D eigenvalue weighted by molar-refractivity contribution is 14.1. The molecule has 6 atom stereocenters. The molecule has 0 aromatic heterocycles. The number of halogens is 2. The van der Waals surface area contributed by atoms with Gasteiger partial charge in [-0.1, -0.05) is 58.0 Å². The largest absolute Gasteiger partial charge is 0.379 e. The van der Waals surface area contributed by atoms with Crippen LogP contribution >= 0.6 is 68.7 Å². The molecule has 0 aromatic carbocycles. The highest BCUT2D eigenvalue weighted by atomic mass is 127. The minimum Gasteiger partial charge on any atom is -0.379 e. The number of carbonyl (C=O) groups is 6. The Labute approximate surface area is 464 Å². The first-order chi connectivity index (χ1) is 37.1. The van der Waals surface area contributed by atoms with Crippen LogP contribution in [0.5, 0.6) is 0 Å². The van der Waals surface area contributed by atoms with Crippen molar-refractivity contribution in [3.63, 3.8) is 0 Å². The number of rotatable bonds is 40. The molecular formula is C46H86I2N8O12S2. The Morgan fingerprint density at radius 3 is 1.47 bits per heavy atom. The number of unbranched alkanes of at least 4 members (excludes halogenated alkanes) is 2. The zero-order valence-electron chi connectivity index (χ0n) is 48.9. The second-order valence-corrected chi connectivity index (χ2v) is 19.8. The van der Waals surface area contributed by atoms with Crippen LogP contribution in [-0.4, -0.2) is 211 Å². The number of hydrogen-bond donors (Lipinski definition) is 8. The first kappa shape index (κ1) is 53.5. The number of fused-ring (bicyclic) bond motifs is 2. The Kier molecular flexibility index (Phi) is 37.1. The SMILES string of the molecule is CNCCCOCCOCCOCCCNC(=O)CCCC[C@@H]1SC[C@@H]2NC(=O)N[C@@H]21.O=CCI.O=CCI.[2H]C([2H])(COCCOCCOC([2H])([2H])C([2H])([2H])CNC(=O)CCCC[C@@H]1SC[C@@H]2NC(=O)N[C@@H]21)C([2H])([2H])NC. The van der Waals surface area contributed by atoms with Gasteiger partial charge in [0.15, 0.2) is 0 Å². The molecule has 0 bridgehead atoms. The van der Waals surface area contributed by atoms with Gasteiger partial charge in [0.2, 0.25) is 11.8 Å². The number of aldehydes is 2. The van der Waals surface area contributed by atoms with Gasteiger partial charge >= 0.3 is 12.1 Å². The highest BCUT2D eigenvalue weighted by Gasteiger charge is 2.43. The molecule has 6 amide bonds. The van der Waals surface area contributed by atoms with Gasteiger partial charge < -0.3 is 80.5 Å². The van der Waals surface area contributed by atoms with Crippen molar-refractivity contribution in [2.24, 2.45) is 0 Å². The molecule has 4 saturated heterocycles. The predicted molar refractivity (Wildman–Crippen MR) is 295 cm³/mol. The fourth-order valence-electron chi connectivity index (χ4n) is 6.87. The maximum atomic E-state index is 12.2. The third-order valence-corrected chi connectivity index (χ3v) is 13.9. The average Bonchev–Trinajstić information content (AvgIpc) is 4.18.